The molecular weight excluding hydrogens is 320 g/mol. The van der Waals surface area contributed by atoms with Gasteiger partial charge in [-0.3, -0.25) is 14.4 Å². The molecule has 1 fully saturated rings. The van der Waals surface area contributed by atoms with Crippen molar-refractivity contribution < 1.29 is 19.1 Å². The average molecular weight is 346 g/mol. The smallest absolute Gasteiger partial charge is 0.306 e. The van der Waals surface area contributed by atoms with Crippen LogP contribution in [-0.4, -0.2) is 42.4 Å². The first kappa shape index (κ1) is 19.0. The number of hydrogen-bond acceptors (Lipinski definition) is 4. The van der Waals surface area contributed by atoms with E-state index in [-0.39, 0.29) is 30.6 Å². The van der Waals surface area contributed by atoms with Crippen LogP contribution in [0.3, 0.4) is 0 Å². The number of amides is 2. The van der Waals surface area contributed by atoms with E-state index in [9.17, 15) is 14.4 Å². The number of anilines is 1. The van der Waals surface area contributed by atoms with E-state index in [1.54, 1.807) is 31.2 Å². The molecule has 1 aromatic carbocycles. The largest absolute Gasteiger partial charge is 0.466 e. The standard InChI is InChI=1S/C19H26N2O4/c1-3-25-18(23)8-7-17(22)20-16-6-4-5-15(13-16)19(24)21-11-9-14(2)10-12-21/h4-6,13-14H,3,7-12H2,1-2H3,(H,20,22). The van der Waals surface area contributed by atoms with Crippen molar-refractivity contribution in [2.24, 2.45) is 5.92 Å². The Bertz CT molecular complexity index is 622. The molecule has 1 N–H and O–H groups in total. The molecule has 1 aromatic rings. The molecule has 1 aliphatic rings. The summed E-state index contributed by atoms with van der Waals surface area (Å²) in [6.07, 6.45) is 2.15. The van der Waals surface area contributed by atoms with Gasteiger partial charge in [0.15, 0.2) is 0 Å². The zero-order chi connectivity index (χ0) is 18.2. The van der Waals surface area contributed by atoms with Crippen LogP contribution in [0.25, 0.3) is 0 Å². The maximum atomic E-state index is 12.6. The average Bonchev–Trinajstić information content (AvgIpc) is 2.60. The minimum Gasteiger partial charge on any atom is -0.466 e. The van der Waals surface area contributed by atoms with E-state index < -0.39 is 0 Å². The minimum absolute atomic E-state index is 0.00507. The Morgan fingerprint density at radius 2 is 1.92 bits per heavy atom. The molecule has 1 aliphatic heterocycles. The van der Waals surface area contributed by atoms with Gasteiger partial charge in [0.1, 0.15) is 0 Å². The van der Waals surface area contributed by atoms with Crippen LogP contribution in [0, 0.1) is 5.92 Å². The summed E-state index contributed by atoms with van der Waals surface area (Å²) < 4.78 is 4.80. The van der Waals surface area contributed by atoms with Crippen molar-refractivity contribution in [3.05, 3.63) is 29.8 Å². The minimum atomic E-state index is -0.388. The molecule has 0 aliphatic carbocycles. The van der Waals surface area contributed by atoms with Crippen LogP contribution in [0.15, 0.2) is 24.3 Å². The van der Waals surface area contributed by atoms with E-state index in [4.69, 9.17) is 4.74 Å². The van der Waals surface area contributed by atoms with E-state index in [0.717, 1.165) is 25.9 Å². The second kappa shape index (κ2) is 9.20. The Balaban J connectivity index is 1.91. The van der Waals surface area contributed by atoms with E-state index in [0.29, 0.717) is 23.8 Å². The summed E-state index contributed by atoms with van der Waals surface area (Å²) >= 11 is 0. The predicted octanol–water partition coefficient (Wildman–Crippen LogP) is 2.84. The number of esters is 1. The monoisotopic (exact) mass is 346 g/mol. The van der Waals surface area contributed by atoms with Crippen LogP contribution in [0.4, 0.5) is 5.69 Å². The lowest BCUT2D eigenvalue weighted by molar-refractivity contribution is -0.144. The third-order valence-corrected chi connectivity index (χ3v) is 4.33. The number of ether oxygens (including phenoxy) is 1. The molecule has 0 bridgehead atoms. The van der Waals surface area contributed by atoms with Gasteiger partial charge >= 0.3 is 5.97 Å². The fourth-order valence-corrected chi connectivity index (χ4v) is 2.80. The molecule has 136 valence electrons. The molecule has 25 heavy (non-hydrogen) atoms. The molecule has 0 unspecified atom stereocenters. The number of rotatable bonds is 6. The molecule has 0 spiro atoms. The van der Waals surface area contributed by atoms with Gasteiger partial charge in [-0.2, -0.15) is 0 Å². The van der Waals surface area contributed by atoms with Crippen LogP contribution in [0.2, 0.25) is 0 Å². The fourth-order valence-electron chi connectivity index (χ4n) is 2.80. The molecule has 2 amide bonds. The van der Waals surface area contributed by atoms with E-state index >= 15 is 0 Å². The van der Waals surface area contributed by atoms with Crippen molar-refractivity contribution >= 4 is 23.5 Å². The highest BCUT2D eigenvalue weighted by molar-refractivity contribution is 5.97. The van der Waals surface area contributed by atoms with Crippen LogP contribution in [-0.2, 0) is 14.3 Å². The third kappa shape index (κ3) is 5.89. The summed E-state index contributed by atoms with van der Waals surface area (Å²) in [7, 11) is 0. The molecule has 1 heterocycles. The Kier molecular flexibility index (Phi) is 6.98. The van der Waals surface area contributed by atoms with E-state index in [1.807, 2.05) is 4.90 Å². The van der Waals surface area contributed by atoms with Crippen molar-refractivity contribution in [1.82, 2.24) is 4.90 Å². The number of hydrogen-bond donors (Lipinski definition) is 1. The molecule has 6 heteroatoms. The lowest BCUT2D eigenvalue weighted by Gasteiger charge is -2.30. The van der Waals surface area contributed by atoms with E-state index in [2.05, 4.69) is 12.2 Å². The lowest BCUT2D eigenvalue weighted by Crippen LogP contribution is -2.37. The van der Waals surface area contributed by atoms with Gasteiger partial charge in [0.05, 0.1) is 13.0 Å². The summed E-state index contributed by atoms with van der Waals surface area (Å²) in [5, 5.41) is 2.73. The molecule has 0 saturated carbocycles. The molecule has 1 saturated heterocycles. The Labute approximate surface area is 148 Å². The van der Waals surface area contributed by atoms with Gasteiger partial charge in [0, 0.05) is 30.8 Å². The maximum Gasteiger partial charge on any atom is 0.306 e. The second-order valence-electron chi connectivity index (χ2n) is 6.41. The zero-order valence-electron chi connectivity index (χ0n) is 14.9. The number of carbonyl (C=O) groups excluding carboxylic acids is 3. The normalized spacial score (nSPS) is 14.9. The molecule has 0 atom stereocenters. The summed E-state index contributed by atoms with van der Waals surface area (Å²) in [5.74, 6) is -0.00560. The highest BCUT2D eigenvalue weighted by Gasteiger charge is 2.21. The molecular formula is C19H26N2O4. The zero-order valence-corrected chi connectivity index (χ0v) is 14.9. The molecule has 2 rings (SSSR count). The predicted molar refractivity (Wildman–Crippen MR) is 95.2 cm³/mol. The first-order valence-electron chi connectivity index (χ1n) is 8.84. The third-order valence-electron chi connectivity index (χ3n) is 4.33. The van der Waals surface area contributed by atoms with Gasteiger partial charge in [-0.1, -0.05) is 13.0 Å². The summed E-state index contributed by atoms with van der Waals surface area (Å²) in [6.45, 7) is 5.78. The van der Waals surface area contributed by atoms with Gasteiger partial charge in [-0.05, 0) is 43.9 Å². The quantitative estimate of drug-likeness (QED) is 0.804. The molecule has 6 nitrogen and oxygen atoms in total. The Hall–Kier alpha value is -2.37. The van der Waals surface area contributed by atoms with E-state index in [1.165, 1.54) is 0 Å². The Morgan fingerprint density at radius 3 is 2.60 bits per heavy atom. The van der Waals surface area contributed by atoms with Crippen molar-refractivity contribution in [2.75, 3.05) is 25.0 Å². The number of likely N-dealkylation sites (tertiary alicyclic amines) is 1. The van der Waals surface area contributed by atoms with Gasteiger partial charge in [0.25, 0.3) is 5.91 Å². The summed E-state index contributed by atoms with van der Waals surface area (Å²) in [6, 6.07) is 6.93. The number of benzene rings is 1. The fraction of sp³-hybridized carbons (Fsp3) is 0.526. The van der Waals surface area contributed by atoms with Gasteiger partial charge in [0.2, 0.25) is 5.91 Å². The van der Waals surface area contributed by atoms with Gasteiger partial charge in [-0.25, -0.2) is 0 Å². The van der Waals surface area contributed by atoms with Crippen molar-refractivity contribution in [3.8, 4) is 0 Å². The number of carbonyl (C=O) groups is 3. The van der Waals surface area contributed by atoms with Crippen LogP contribution < -0.4 is 5.32 Å². The summed E-state index contributed by atoms with van der Waals surface area (Å²) in [4.78, 5) is 37.7. The first-order chi connectivity index (χ1) is 12.0. The van der Waals surface area contributed by atoms with Crippen molar-refractivity contribution in [1.29, 1.82) is 0 Å². The highest BCUT2D eigenvalue weighted by atomic mass is 16.5. The first-order valence-corrected chi connectivity index (χ1v) is 8.84. The summed E-state index contributed by atoms with van der Waals surface area (Å²) in [5.41, 5.74) is 1.13. The highest BCUT2D eigenvalue weighted by Crippen LogP contribution is 2.19. The van der Waals surface area contributed by atoms with Crippen molar-refractivity contribution in [3.63, 3.8) is 0 Å². The molecule has 0 aromatic heterocycles. The van der Waals surface area contributed by atoms with Crippen LogP contribution in [0.5, 0.6) is 0 Å². The number of nitrogens with one attached hydrogen (secondary N) is 1. The SMILES string of the molecule is CCOC(=O)CCC(=O)Nc1cccc(C(=O)N2CCC(C)CC2)c1. The number of nitrogens with zero attached hydrogens (tertiary/aromatic N) is 1. The second-order valence-corrected chi connectivity index (χ2v) is 6.41. The van der Waals surface area contributed by atoms with Gasteiger partial charge < -0.3 is 15.0 Å². The number of piperidine rings is 1. The van der Waals surface area contributed by atoms with Crippen LogP contribution in [0.1, 0.15) is 49.9 Å². The molecule has 0 radical (unpaired) electrons. The topological polar surface area (TPSA) is 75.7 Å². The Morgan fingerprint density at radius 1 is 1.20 bits per heavy atom. The van der Waals surface area contributed by atoms with Crippen molar-refractivity contribution in [2.45, 2.75) is 39.5 Å². The van der Waals surface area contributed by atoms with Crippen LogP contribution >= 0.6 is 0 Å². The lowest BCUT2D eigenvalue weighted by atomic mass is 9.98. The van der Waals surface area contributed by atoms with Gasteiger partial charge in [-0.15, -0.1) is 0 Å². The maximum absolute atomic E-state index is 12.6.